The standard InChI is InChI=1S/C29H54N2O4.H2O/c1-7-9-19-30-21-22-31(25-30)20-17-15-13-11-10-12-14-16-18-23-35-26(32)28(3,4)24-29(5,8-2)27(33)34-6;/h21-22H,7-20,23-25H2,1-6H3;1H2/p-1. The lowest BCUT2D eigenvalue weighted by molar-refractivity contribution is -0.161. The number of unbranched alkanes of at least 4 members (excludes halogenated alkanes) is 9. The summed E-state index contributed by atoms with van der Waals surface area (Å²) in [6.45, 7) is 13.7. The Morgan fingerprint density at radius 3 is 1.78 bits per heavy atom. The van der Waals surface area contributed by atoms with Crippen LogP contribution in [0, 0.1) is 10.8 Å². The van der Waals surface area contributed by atoms with Gasteiger partial charge in [0, 0.05) is 25.5 Å². The van der Waals surface area contributed by atoms with Crippen molar-refractivity contribution in [3.05, 3.63) is 12.4 Å². The van der Waals surface area contributed by atoms with E-state index in [2.05, 4.69) is 29.1 Å². The molecule has 0 spiro atoms. The van der Waals surface area contributed by atoms with Crippen molar-refractivity contribution in [2.45, 2.75) is 118 Å². The highest BCUT2D eigenvalue weighted by Crippen LogP contribution is 2.38. The van der Waals surface area contributed by atoms with E-state index in [-0.39, 0.29) is 17.4 Å². The van der Waals surface area contributed by atoms with Crippen molar-refractivity contribution in [1.29, 1.82) is 0 Å². The van der Waals surface area contributed by atoms with Gasteiger partial charge in [0.25, 0.3) is 0 Å². The number of ether oxygens (including phenoxy) is 2. The molecule has 1 heterocycles. The average Bonchev–Trinajstić information content (AvgIpc) is 3.29. The molecule has 0 fully saturated rings. The predicted octanol–water partition coefficient (Wildman–Crippen LogP) is 6.72. The van der Waals surface area contributed by atoms with Crippen LogP contribution >= 0.6 is 0 Å². The number of carbonyl (C=O) groups is 2. The summed E-state index contributed by atoms with van der Waals surface area (Å²) < 4.78 is 10.5. The molecule has 0 saturated heterocycles. The Kier molecular flexibility index (Phi) is 17.6. The molecule has 0 radical (unpaired) electrons. The average molecular weight is 512 g/mol. The van der Waals surface area contributed by atoms with Crippen molar-refractivity contribution in [3.8, 4) is 0 Å². The summed E-state index contributed by atoms with van der Waals surface area (Å²) in [5, 5.41) is 0. The predicted molar refractivity (Wildman–Crippen MR) is 146 cm³/mol. The van der Waals surface area contributed by atoms with E-state index in [1.165, 1.54) is 78.0 Å². The summed E-state index contributed by atoms with van der Waals surface area (Å²) in [5.41, 5.74) is -1.38. The van der Waals surface area contributed by atoms with Crippen molar-refractivity contribution in [2.24, 2.45) is 10.8 Å². The largest absolute Gasteiger partial charge is 0.870 e. The molecular formula is C29H55N2O5-. The smallest absolute Gasteiger partial charge is 0.311 e. The van der Waals surface area contributed by atoms with E-state index in [1.54, 1.807) is 0 Å². The number of carbonyl (C=O) groups excluding carboxylic acids is 2. The van der Waals surface area contributed by atoms with Crippen molar-refractivity contribution < 1.29 is 24.5 Å². The molecule has 1 aliphatic rings. The quantitative estimate of drug-likeness (QED) is 0.132. The molecule has 212 valence electrons. The van der Waals surface area contributed by atoms with E-state index in [4.69, 9.17) is 9.47 Å². The zero-order valence-electron chi connectivity index (χ0n) is 24.2. The summed E-state index contributed by atoms with van der Waals surface area (Å²) in [4.78, 5) is 29.6. The Bertz CT molecular complexity index is 637. The fourth-order valence-corrected chi connectivity index (χ4v) is 4.82. The highest BCUT2D eigenvalue weighted by molar-refractivity contribution is 5.80. The lowest BCUT2D eigenvalue weighted by Crippen LogP contribution is -2.38. The number of esters is 2. The van der Waals surface area contributed by atoms with Crippen molar-refractivity contribution >= 4 is 11.9 Å². The fraction of sp³-hybridized carbons (Fsp3) is 0.862. The van der Waals surface area contributed by atoms with E-state index in [0.717, 1.165) is 19.5 Å². The van der Waals surface area contributed by atoms with Gasteiger partial charge in [-0.1, -0.05) is 65.2 Å². The maximum Gasteiger partial charge on any atom is 0.311 e. The van der Waals surface area contributed by atoms with Gasteiger partial charge in [0.1, 0.15) is 0 Å². The Hall–Kier alpha value is -1.76. The van der Waals surface area contributed by atoms with Gasteiger partial charge in [0.15, 0.2) is 0 Å². The molecule has 0 saturated carbocycles. The highest BCUT2D eigenvalue weighted by Gasteiger charge is 2.42. The number of nitrogens with zero attached hydrogens (tertiary/aromatic N) is 2. The number of rotatable bonds is 20. The van der Waals surface area contributed by atoms with Crippen LogP contribution in [-0.2, 0) is 19.1 Å². The first kappa shape index (κ1) is 34.2. The van der Waals surface area contributed by atoms with Crippen molar-refractivity contribution in [2.75, 3.05) is 33.5 Å². The molecule has 1 aliphatic heterocycles. The first-order valence-corrected chi connectivity index (χ1v) is 14.1. The number of hydrogen-bond acceptors (Lipinski definition) is 7. The molecule has 1 N–H and O–H groups in total. The van der Waals surface area contributed by atoms with Crippen LogP contribution in [0.1, 0.15) is 118 Å². The van der Waals surface area contributed by atoms with E-state index in [0.29, 0.717) is 19.4 Å². The minimum absolute atomic E-state index is 0. The molecule has 1 unspecified atom stereocenters. The molecule has 36 heavy (non-hydrogen) atoms. The summed E-state index contributed by atoms with van der Waals surface area (Å²) in [5.74, 6) is -0.488. The monoisotopic (exact) mass is 511 g/mol. The minimum atomic E-state index is -0.710. The second-order valence-corrected chi connectivity index (χ2v) is 11.2. The highest BCUT2D eigenvalue weighted by atomic mass is 16.5. The second-order valence-electron chi connectivity index (χ2n) is 11.2. The molecular weight excluding hydrogens is 456 g/mol. The van der Waals surface area contributed by atoms with E-state index in [1.807, 2.05) is 27.7 Å². The van der Waals surface area contributed by atoms with Crippen LogP contribution in [0.4, 0.5) is 0 Å². The van der Waals surface area contributed by atoms with Gasteiger partial charge >= 0.3 is 11.9 Å². The van der Waals surface area contributed by atoms with E-state index in [9.17, 15) is 9.59 Å². The molecule has 7 heteroatoms. The molecule has 0 amide bonds. The Balaban J connectivity index is 0.0000122. The maximum absolute atomic E-state index is 12.6. The molecule has 0 aromatic rings. The van der Waals surface area contributed by atoms with Gasteiger partial charge in [-0.15, -0.1) is 0 Å². The first-order chi connectivity index (χ1) is 16.7. The minimum Gasteiger partial charge on any atom is -0.870 e. The molecule has 7 nitrogen and oxygen atoms in total. The molecule has 1 atom stereocenters. The summed E-state index contributed by atoms with van der Waals surface area (Å²) in [6, 6.07) is 0. The van der Waals surface area contributed by atoms with Gasteiger partial charge in [-0.3, -0.25) is 9.59 Å². The molecule has 0 aromatic heterocycles. The maximum atomic E-state index is 12.6. The molecule has 0 aliphatic carbocycles. The van der Waals surface area contributed by atoms with E-state index >= 15 is 0 Å². The topological polar surface area (TPSA) is 89.1 Å². The summed E-state index contributed by atoms with van der Waals surface area (Å²) in [7, 11) is 1.40. The molecule has 1 rings (SSSR count). The van der Waals surface area contributed by atoms with Crippen LogP contribution in [0.3, 0.4) is 0 Å². The normalized spacial score (nSPS) is 14.9. The zero-order valence-corrected chi connectivity index (χ0v) is 24.2. The SMILES string of the molecule is CCCCN1C=CN(CCCCCCCCCCCOC(=O)C(C)(C)CC(C)(CC)C(=O)OC)C1.[OH-]. The van der Waals surface area contributed by atoms with E-state index < -0.39 is 10.8 Å². The van der Waals surface area contributed by atoms with Gasteiger partial charge < -0.3 is 24.7 Å². The summed E-state index contributed by atoms with van der Waals surface area (Å²) in [6.07, 6.45) is 19.1. The summed E-state index contributed by atoms with van der Waals surface area (Å²) >= 11 is 0. The Morgan fingerprint density at radius 2 is 1.28 bits per heavy atom. The Morgan fingerprint density at radius 1 is 0.778 bits per heavy atom. The van der Waals surface area contributed by atoms with Gasteiger partial charge in [-0.05, 0) is 52.9 Å². The zero-order chi connectivity index (χ0) is 26.2. The van der Waals surface area contributed by atoms with Crippen LogP contribution in [-0.4, -0.2) is 60.7 Å². The number of methoxy groups -OCH3 is 1. The fourth-order valence-electron chi connectivity index (χ4n) is 4.82. The van der Waals surface area contributed by atoms with Crippen LogP contribution in [0.25, 0.3) is 0 Å². The van der Waals surface area contributed by atoms with Gasteiger partial charge in [-0.25, -0.2) is 0 Å². The van der Waals surface area contributed by atoms with Crippen LogP contribution in [0.5, 0.6) is 0 Å². The lowest BCUT2D eigenvalue weighted by Gasteiger charge is -2.33. The molecule has 0 bridgehead atoms. The third-order valence-corrected chi connectivity index (χ3v) is 7.32. The number of hydrogen-bond donors (Lipinski definition) is 0. The van der Waals surface area contributed by atoms with Crippen molar-refractivity contribution in [3.63, 3.8) is 0 Å². The molecule has 0 aromatic carbocycles. The van der Waals surface area contributed by atoms with Crippen LogP contribution in [0.2, 0.25) is 0 Å². The van der Waals surface area contributed by atoms with Gasteiger partial charge in [0.2, 0.25) is 0 Å². The van der Waals surface area contributed by atoms with Gasteiger partial charge in [0.05, 0.1) is 31.2 Å². The lowest BCUT2D eigenvalue weighted by atomic mass is 9.72. The Labute approximate surface area is 221 Å². The van der Waals surface area contributed by atoms with Crippen molar-refractivity contribution in [1.82, 2.24) is 9.80 Å². The van der Waals surface area contributed by atoms with Gasteiger partial charge in [-0.2, -0.15) is 0 Å². The first-order valence-electron chi connectivity index (χ1n) is 14.1. The third-order valence-electron chi connectivity index (χ3n) is 7.32. The third kappa shape index (κ3) is 13.0. The van der Waals surface area contributed by atoms with Crippen LogP contribution < -0.4 is 0 Å². The second kappa shape index (κ2) is 18.5. The van der Waals surface area contributed by atoms with Crippen LogP contribution in [0.15, 0.2) is 12.4 Å².